The number of benzene rings is 5. The van der Waals surface area contributed by atoms with Gasteiger partial charge < -0.3 is 14.6 Å². The van der Waals surface area contributed by atoms with Gasteiger partial charge in [0.05, 0.1) is 22.0 Å². The number of rotatable bonds is 13. The fourth-order valence-corrected chi connectivity index (χ4v) is 7.23. The van der Waals surface area contributed by atoms with E-state index in [1.165, 1.54) is 0 Å². The smallest absolute Gasteiger partial charge is 0.273 e. The Bertz CT molecular complexity index is 2340. The number of nitro groups is 1. The number of nitro benzene ring substituents is 1. The first-order valence-corrected chi connectivity index (χ1v) is 18.4. The lowest BCUT2D eigenvalue weighted by atomic mass is 10.0. The quantitative estimate of drug-likeness (QED) is 0.0936. The van der Waals surface area contributed by atoms with Crippen molar-refractivity contribution in [1.82, 2.24) is 9.88 Å². The molecule has 52 heavy (non-hydrogen) atoms. The topological polar surface area (TPSA) is 138 Å². The normalized spacial score (nSPS) is 12.0. The standard InChI is InChI=1S/C40H34ClN3O7S/c1-2-23-51-33-19-9-27(10-20-33)24-37(40(46)52(49,50)34-21-17-32(18-22-34)44(47)48)42-39(45)36-26-43(38-6-4-3-5-35(36)38)25-28-7-11-29(12-8-28)30-13-15-31(41)16-14-30/h3-22,26,37H,2,23-25H2,1H3,(H,42,45)/t37-/m0/s1. The van der Waals surface area contributed by atoms with Crippen molar-refractivity contribution in [2.45, 2.75) is 37.2 Å². The average molecular weight is 736 g/mol. The second-order valence-corrected chi connectivity index (χ2v) is 14.5. The molecule has 0 spiro atoms. The molecule has 1 heterocycles. The zero-order valence-electron chi connectivity index (χ0n) is 28.1. The monoisotopic (exact) mass is 735 g/mol. The summed E-state index contributed by atoms with van der Waals surface area (Å²) < 4.78 is 34.8. The van der Waals surface area contributed by atoms with E-state index in [2.05, 4.69) is 5.32 Å². The summed E-state index contributed by atoms with van der Waals surface area (Å²) in [6.45, 7) is 2.95. The van der Waals surface area contributed by atoms with Crippen LogP contribution in [0.5, 0.6) is 5.75 Å². The molecule has 0 bridgehead atoms. The minimum atomic E-state index is -4.67. The van der Waals surface area contributed by atoms with Gasteiger partial charge in [0.2, 0.25) is 9.84 Å². The Hall–Kier alpha value is -5.78. The van der Waals surface area contributed by atoms with E-state index in [0.717, 1.165) is 52.9 Å². The van der Waals surface area contributed by atoms with Crippen molar-refractivity contribution in [1.29, 1.82) is 0 Å². The fourth-order valence-electron chi connectivity index (χ4n) is 5.86. The van der Waals surface area contributed by atoms with Gasteiger partial charge in [0.15, 0.2) is 0 Å². The maximum Gasteiger partial charge on any atom is 0.273 e. The number of ether oxygens (including phenoxy) is 1. The van der Waals surface area contributed by atoms with Crippen LogP contribution < -0.4 is 10.1 Å². The summed E-state index contributed by atoms with van der Waals surface area (Å²) in [5.74, 6) is -0.0170. The molecule has 1 N–H and O–H groups in total. The highest BCUT2D eigenvalue weighted by atomic mass is 35.5. The molecule has 264 valence electrons. The highest BCUT2D eigenvalue weighted by molar-refractivity contribution is 8.06. The van der Waals surface area contributed by atoms with Gasteiger partial charge in [-0.3, -0.25) is 19.7 Å². The lowest BCUT2D eigenvalue weighted by Gasteiger charge is -2.18. The lowest BCUT2D eigenvalue weighted by molar-refractivity contribution is -0.384. The van der Waals surface area contributed by atoms with Crippen LogP contribution in [0, 0.1) is 10.1 Å². The van der Waals surface area contributed by atoms with Crippen LogP contribution in [0.15, 0.2) is 132 Å². The number of para-hydroxylation sites is 1. The summed E-state index contributed by atoms with van der Waals surface area (Å²) in [4.78, 5) is 38.0. The number of non-ortho nitro benzene ring substituents is 1. The van der Waals surface area contributed by atoms with E-state index in [9.17, 15) is 28.1 Å². The van der Waals surface area contributed by atoms with Crippen molar-refractivity contribution in [3.05, 3.63) is 159 Å². The predicted octanol–water partition coefficient (Wildman–Crippen LogP) is 8.05. The molecule has 5 aromatic carbocycles. The molecule has 10 nitrogen and oxygen atoms in total. The van der Waals surface area contributed by atoms with Gasteiger partial charge in [-0.1, -0.05) is 85.3 Å². The van der Waals surface area contributed by atoms with E-state index < -0.39 is 36.7 Å². The van der Waals surface area contributed by atoms with E-state index in [0.29, 0.717) is 34.9 Å². The molecule has 0 aliphatic heterocycles. The fraction of sp³-hybridized carbons (Fsp3) is 0.150. The van der Waals surface area contributed by atoms with Gasteiger partial charge in [-0.05, 0) is 71.1 Å². The summed E-state index contributed by atoms with van der Waals surface area (Å²) in [5, 5.41) is 13.9. The van der Waals surface area contributed by atoms with Crippen LogP contribution in [-0.4, -0.2) is 41.6 Å². The zero-order chi connectivity index (χ0) is 36.8. The van der Waals surface area contributed by atoms with Gasteiger partial charge in [0.1, 0.15) is 11.8 Å². The number of fused-ring (bicyclic) bond motifs is 1. The number of amides is 1. The Labute approximate surface area is 305 Å². The average Bonchev–Trinajstić information content (AvgIpc) is 3.52. The molecule has 1 amide bonds. The molecule has 0 saturated heterocycles. The van der Waals surface area contributed by atoms with E-state index in [1.807, 2.05) is 72.2 Å². The van der Waals surface area contributed by atoms with E-state index in [-0.39, 0.29) is 17.7 Å². The van der Waals surface area contributed by atoms with Crippen LogP contribution >= 0.6 is 11.6 Å². The van der Waals surface area contributed by atoms with Gasteiger partial charge in [0.25, 0.3) is 16.7 Å². The summed E-state index contributed by atoms with van der Waals surface area (Å²) in [5.41, 5.74) is 4.35. The first-order valence-electron chi connectivity index (χ1n) is 16.5. The third-order valence-electron chi connectivity index (χ3n) is 8.57. The molecule has 0 saturated carbocycles. The minimum absolute atomic E-state index is 0.135. The Kier molecular flexibility index (Phi) is 10.8. The number of aromatic nitrogens is 1. The van der Waals surface area contributed by atoms with Crippen molar-refractivity contribution in [3.8, 4) is 16.9 Å². The summed E-state index contributed by atoms with van der Waals surface area (Å²) in [6.07, 6.45) is 2.38. The number of nitrogens with one attached hydrogen (secondary N) is 1. The number of carbonyl (C=O) groups is 2. The highest BCUT2D eigenvalue weighted by Gasteiger charge is 2.35. The second-order valence-electron chi connectivity index (χ2n) is 12.2. The van der Waals surface area contributed by atoms with Crippen molar-refractivity contribution in [3.63, 3.8) is 0 Å². The summed E-state index contributed by atoms with van der Waals surface area (Å²) in [7, 11) is -4.67. The lowest BCUT2D eigenvalue weighted by Crippen LogP contribution is -2.45. The van der Waals surface area contributed by atoms with E-state index in [1.54, 1.807) is 42.6 Å². The number of sulfone groups is 1. The van der Waals surface area contributed by atoms with Gasteiger partial charge in [-0.2, -0.15) is 0 Å². The first kappa shape index (κ1) is 36.0. The maximum absolute atomic E-state index is 14.0. The molecular formula is C40H34ClN3O7S. The van der Waals surface area contributed by atoms with Crippen molar-refractivity contribution in [2.24, 2.45) is 0 Å². The van der Waals surface area contributed by atoms with E-state index >= 15 is 0 Å². The molecule has 12 heteroatoms. The van der Waals surface area contributed by atoms with Crippen LogP contribution in [0.25, 0.3) is 22.0 Å². The van der Waals surface area contributed by atoms with Crippen LogP contribution in [0.1, 0.15) is 34.8 Å². The molecule has 0 aliphatic carbocycles. The molecule has 6 aromatic rings. The van der Waals surface area contributed by atoms with Crippen molar-refractivity contribution < 1.29 is 27.7 Å². The second kappa shape index (κ2) is 15.6. The largest absolute Gasteiger partial charge is 0.494 e. The first-order chi connectivity index (χ1) is 25.0. The molecule has 0 aliphatic rings. The Balaban J connectivity index is 1.29. The van der Waals surface area contributed by atoms with Gasteiger partial charge in [-0.25, -0.2) is 8.42 Å². The third kappa shape index (κ3) is 8.06. The van der Waals surface area contributed by atoms with Crippen molar-refractivity contribution >= 4 is 49.1 Å². The van der Waals surface area contributed by atoms with Gasteiger partial charge in [-0.15, -0.1) is 0 Å². The molecular weight excluding hydrogens is 702 g/mol. The minimum Gasteiger partial charge on any atom is -0.494 e. The molecule has 0 unspecified atom stereocenters. The number of hydrogen-bond donors (Lipinski definition) is 1. The SMILES string of the molecule is CCCOc1ccc(C[C@H](NC(=O)c2cn(Cc3ccc(-c4ccc(Cl)cc4)cc3)c3ccccc23)C(=O)S(=O)(=O)c2ccc([N+](=O)[O-])cc2)cc1. The van der Waals surface area contributed by atoms with Crippen LogP contribution in [-0.2, 0) is 27.6 Å². The van der Waals surface area contributed by atoms with Crippen LogP contribution in [0.3, 0.4) is 0 Å². The summed E-state index contributed by atoms with van der Waals surface area (Å²) in [6, 6.07) is 32.4. The number of hydrogen-bond acceptors (Lipinski definition) is 7. The highest BCUT2D eigenvalue weighted by Crippen LogP contribution is 2.26. The number of halogens is 1. The zero-order valence-corrected chi connectivity index (χ0v) is 29.6. The number of carbonyl (C=O) groups excluding carboxylic acids is 2. The predicted molar refractivity (Wildman–Crippen MR) is 200 cm³/mol. The van der Waals surface area contributed by atoms with Gasteiger partial charge in [0, 0.05) is 47.2 Å². The molecule has 0 fully saturated rings. The Morgan fingerprint density at radius 2 is 1.46 bits per heavy atom. The van der Waals surface area contributed by atoms with Gasteiger partial charge >= 0.3 is 0 Å². The third-order valence-corrected chi connectivity index (χ3v) is 10.5. The molecule has 1 atom stereocenters. The Morgan fingerprint density at radius 1 is 0.846 bits per heavy atom. The summed E-state index contributed by atoms with van der Waals surface area (Å²) >= 11 is 6.05. The number of nitrogens with zero attached hydrogens (tertiary/aromatic N) is 2. The Morgan fingerprint density at radius 3 is 2.10 bits per heavy atom. The van der Waals surface area contributed by atoms with Crippen LogP contribution in [0.2, 0.25) is 5.02 Å². The van der Waals surface area contributed by atoms with Crippen LogP contribution in [0.4, 0.5) is 5.69 Å². The molecule has 1 aromatic heterocycles. The van der Waals surface area contributed by atoms with Crippen molar-refractivity contribution in [2.75, 3.05) is 6.61 Å². The van der Waals surface area contributed by atoms with E-state index in [4.69, 9.17) is 16.3 Å². The maximum atomic E-state index is 14.0. The molecule has 6 rings (SSSR count). The molecule has 0 radical (unpaired) electrons.